The number of hydrogen-bond donors (Lipinski definition) is 1. The van der Waals surface area contributed by atoms with Gasteiger partial charge in [-0.3, -0.25) is 9.59 Å². The summed E-state index contributed by atoms with van der Waals surface area (Å²) in [6.07, 6.45) is 0.947. The molecule has 0 radical (unpaired) electrons. The van der Waals surface area contributed by atoms with Crippen LogP contribution in [0.2, 0.25) is 0 Å². The van der Waals surface area contributed by atoms with Crippen molar-refractivity contribution in [1.29, 1.82) is 0 Å². The number of carbonyl (C=O) groups is 2. The predicted octanol–water partition coefficient (Wildman–Crippen LogP) is 3.37. The highest BCUT2D eigenvalue weighted by atomic mass is 19.1. The zero-order valence-electron chi connectivity index (χ0n) is 14.0. The fourth-order valence-corrected chi connectivity index (χ4v) is 2.77. The van der Waals surface area contributed by atoms with E-state index < -0.39 is 6.10 Å². The molecule has 0 saturated heterocycles. The summed E-state index contributed by atoms with van der Waals surface area (Å²) in [7, 11) is 0. The second kappa shape index (κ2) is 7.15. The lowest BCUT2D eigenvalue weighted by Crippen LogP contribution is -2.36. The fourth-order valence-electron chi connectivity index (χ4n) is 2.77. The molecule has 1 aliphatic carbocycles. The summed E-state index contributed by atoms with van der Waals surface area (Å²) in [5.41, 5.74) is 1.62. The number of halogens is 1. The molecule has 0 heterocycles. The molecule has 25 heavy (non-hydrogen) atoms. The summed E-state index contributed by atoms with van der Waals surface area (Å²) in [5, 5.41) is 10.4. The second-order valence-corrected chi connectivity index (χ2v) is 6.39. The Morgan fingerprint density at radius 3 is 2.16 bits per heavy atom. The molecule has 1 unspecified atom stereocenters. The first-order valence-electron chi connectivity index (χ1n) is 8.31. The molecule has 0 aliphatic heterocycles. The maximum Gasteiger partial charge on any atom is 0.254 e. The molecule has 1 atom stereocenters. The van der Waals surface area contributed by atoms with E-state index in [1.54, 1.807) is 29.2 Å². The van der Waals surface area contributed by atoms with Crippen molar-refractivity contribution in [3.8, 4) is 0 Å². The Bertz CT molecular complexity index is 767. The average molecular weight is 341 g/mol. The highest BCUT2D eigenvalue weighted by molar-refractivity contribution is 5.98. The minimum atomic E-state index is -0.873. The molecule has 0 bridgehead atoms. The second-order valence-electron chi connectivity index (χ2n) is 6.39. The number of Topliss-reactive ketones (excluding diaryl/α,β-unsaturated/α-hetero) is 1. The van der Waals surface area contributed by atoms with Gasteiger partial charge in [-0.05, 0) is 49.6 Å². The molecule has 1 fully saturated rings. The van der Waals surface area contributed by atoms with Crippen LogP contribution in [0.4, 0.5) is 4.39 Å². The molecular weight excluding hydrogens is 321 g/mol. The lowest BCUT2D eigenvalue weighted by atomic mass is 10.1. The van der Waals surface area contributed by atoms with Crippen LogP contribution in [0.3, 0.4) is 0 Å². The number of carbonyl (C=O) groups excluding carboxylic acids is 2. The first kappa shape index (κ1) is 17.3. The van der Waals surface area contributed by atoms with Gasteiger partial charge in [-0.1, -0.05) is 24.3 Å². The van der Waals surface area contributed by atoms with Gasteiger partial charge in [0.2, 0.25) is 0 Å². The molecule has 0 spiro atoms. The Kier molecular flexibility index (Phi) is 4.95. The summed E-state index contributed by atoms with van der Waals surface area (Å²) in [6, 6.07) is 12.3. The van der Waals surface area contributed by atoms with Crippen LogP contribution in [0.15, 0.2) is 48.5 Å². The molecule has 1 saturated carbocycles. The van der Waals surface area contributed by atoms with E-state index in [-0.39, 0.29) is 30.1 Å². The summed E-state index contributed by atoms with van der Waals surface area (Å²) in [4.78, 5) is 25.8. The SMILES string of the molecule is CC(=O)c1ccc(C(=O)N(CC(O)c2ccc(F)cc2)C2CC2)cc1. The van der Waals surface area contributed by atoms with E-state index >= 15 is 0 Å². The largest absolute Gasteiger partial charge is 0.387 e. The number of ketones is 1. The summed E-state index contributed by atoms with van der Waals surface area (Å²) in [6.45, 7) is 1.63. The van der Waals surface area contributed by atoms with Crippen molar-refractivity contribution in [3.05, 3.63) is 71.0 Å². The van der Waals surface area contributed by atoms with Crippen molar-refractivity contribution in [2.24, 2.45) is 0 Å². The van der Waals surface area contributed by atoms with E-state index in [1.165, 1.54) is 31.2 Å². The van der Waals surface area contributed by atoms with E-state index in [2.05, 4.69) is 0 Å². The van der Waals surface area contributed by atoms with Crippen LogP contribution in [0, 0.1) is 5.82 Å². The molecule has 130 valence electrons. The van der Waals surface area contributed by atoms with Gasteiger partial charge in [-0.2, -0.15) is 0 Å². The van der Waals surface area contributed by atoms with Crippen molar-refractivity contribution in [2.75, 3.05) is 6.54 Å². The third kappa shape index (κ3) is 4.12. The molecule has 3 rings (SSSR count). The van der Waals surface area contributed by atoms with Crippen molar-refractivity contribution < 1.29 is 19.1 Å². The Morgan fingerprint density at radius 2 is 1.64 bits per heavy atom. The Morgan fingerprint density at radius 1 is 1.08 bits per heavy atom. The van der Waals surface area contributed by atoms with Crippen LogP contribution in [-0.4, -0.2) is 34.3 Å². The first-order valence-corrected chi connectivity index (χ1v) is 8.31. The number of nitrogens with zero attached hydrogens (tertiary/aromatic N) is 1. The Labute approximate surface area is 145 Å². The molecule has 1 N–H and O–H groups in total. The van der Waals surface area contributed by atoms with Gasteiger partial charge in [-0.15, -0.1) is 0 Å². The van der Waals surface area contributed by atoms with E-state index in [4.69, 9.17) is 0 Å². The molecule has 1 aliphatic rings. The number of benzene rings is 2. The van der Waals surface area contributed by atoms with Gasteiger partial charge in [0.25, 0.3) is 5.91 Å². The van der Waals surface area contributed by atoms with E-state index in [0.29, 0.717) is 16.7 Å². The number of aliphatic hydroxyl groups excluding tert-OH is 1. The van der Waals surface area contributed by atoms with Crippen molar-refractivity contribution in [2.45, 2.75) is 31.9 Å². The maximum absolute atomic E-state index is 13.0. The molecule has 5 heteroatoms. The topological polar surface area (TPSA) is 57.6 Å². The van der Waals surface area contributed by atoms with Gasteiger partial charge in [0.15, 0.2) is 5.78 Å². The monoisotopic (exact) mass is 341 g/mol. The molecule has 2 aromatic carbocycles. The van der Waals surface area contributed by atoms with Gasteiger partial charge < -0.3 is 10.0 Å². The van der Waals surface area contributed by atoms with Crippen molar-refractivity contribution in [3.63, 3.8) is 0 Å². The van der Waals surface area contributed by atoms with Crippen LogP contribution in [0.1, 0.15) is 52.1 Å². The minimum absolute atomic E-state index is 0.0511. The zero-order chi connectivity index (χ0) is 18.0. The van der Waals surface area contributed by atoms with Gasteiger partial charge in [0.05, 0.1) is 12.6 Å². The summed E-state index contributed by atoms with van der Waals surface area (Å²) < 4.78 is 13.0. The quantitative estimate of drug-likeness (QED) is 0.820. The number of hydrogen-bond acceptors (Lipinski definition) is 3. The van der Waals surface area contributed by atoms with Crippen molar-refractivity contribution in [1.82, 2.24) is 4.90 Å². The number of aliphatic hydroxyl groups is 1. The zero-order valence-corrected chi connectivity index (χ0v) is 14.0. The smallest absolute Gasteiger partial charge is 0.254 e. The minimum Gasteiger partial charge on any atom is -0.387 e. The van der Waals surface area contributed by atoms with Crippen LogP contribution in [0.25, 0.3) is 0 Å². The molecule has 2 aromatic rings. The van der Waals surface area contributed by atoms with Crippen LogP contribution >= 0.6 is 0 Å². The third-order valence-electron chi connectivity index (χ3n) is 4.41. The van der Waals surface area contributed by atoms with Crippen LogP contribution in [0.5, 0.6) is 0 Å². The number of rotatable bonds is 6. The standard InChI is InChI=1S/C20H20FNO3/c1-13(23)14-2-4-16(5-3-14)20(25)22(18-10-11-18)12-19(24)15-6-8-17(21)9-7-15/h2-9,18-19,24H,10-12H2,1H3. The van der Waals surface area contributed by atoms with E-state index in [9.17, 15) is 19.1 Å². The molecule has 1 amide bonds. The van der Waals surface area contributed by atoms with Gasteiger partial charge >= 0.3 is 0 Å². The van der Waals surface area contributed by atoms with E-state index in [1.807, 2.05) is 0 Å². The molecule has 4 nitrogen and oxygen atoms in total. The van der Waals surface area contributed by atoms with Gasteiger partial charge in [-0.25, -0.2) is 4.39 Å². The van der Waals surface area contributed by atoms with Crippen LogP contribution < -0.4 is 0 Å². The maximum atomic E-state index is 13.0. The Balaban J connectivity index is 1.75. The fraction of sp³-hybridized carbons (Fsp3) is 0.300. The molecular formula is C20H20FNO3. The lowest BCUT2D eigenvalue weighted by Gasteiger charge is -2.25. The Hall–Kier alpha value is -2.53. The normalized spacial score (nSPS) is 14.8. The first-order chi connectivity index (χ1) is 12.0. The summed E-state index contributed by atoms with van der Waals surface area (Å²) in [5.74, 6) is -0.583. The van der Waals surface area contributed by atoms with E-state index in [0.717, 1.165) is 12.8 Å². The van der Waals surface area contributed by atoms with Gasteiger partial charge in [0.1, 0.15) is 5.82 Å². The summed E-state index contributed by atoms with van der Waals surface area (Å²) >= 11 is 0. The molecule has 0 aromatic heterocycles. The van der Waals surface area contributed by atoms with Crippen molar-refractivity contribution >= 4 is 11.7 Å². The number of amides is 1. The highest BCUT2D eigenvalue weighted by Crippen LogP contribution is 2.30. The van der Waals surface area contributed by atoms with Gasteiger partial charge in [0, 0.05) is 17.2 Å². The predicted molar refractivity (Wildman–Crippen MR) is 91.9 cm³/mol. The highest BCUT2D eigenvalue weighted by Gasteiger charge is 2.34. The third-order valence-corrected chi connectivity index (χ3v) is 4.41. The lowest BCUT2D eigenvalue weighted by molar-refractivity contribution is 0.0603. The average Bonchev–Trinajstić information content (AvgIpc) is 3.44. The van der Waals surface area contributed by atoms with Crippen LogP contribution in [-0.2, 0) is 0 Å².